The van der Waals surface area contributed by atoms with Crippen molar-refractivity contribution in [2.24, 2.45) is 12.8 Å². The number of para-hydroxylation sites is 1. The van der Waals surface area contributed by atoms with Gasteiger partial charge in [-0.2, -0.15) is 0 Å². The molecule has 0 saturated carbocycles. The van der Waals surface area contributed by atoms with Gasteiger partial charge in [-0.15, -0.1) is 0 Å². The number of nitrogens with two attached hydrogens (primary N) is 1. The first-order chi connectivity index (χ1) is 11.3. The Balaban J connectivity index is 2.28. The summed E-state index contributed by atoms with van der Waals surface area (Å²) in [6.07, 6.45) is -0.212. The quantitative estimate of drug-likeness (QED) is 0.716. The molecule has 0 spiro atoms. The highest BCUT2D eigenvalue weighted by Crippen LogP contribution is 2.14. The van der Waals surface area contributed by atoms with E-state index in [4.69, 9.17) is 10.8 Å². The number of amides is 1. The summed E-state index contributed by atoms with van der Waals surface area (Å²) in [4.78, 5) is 35.3. The predicted molar refractivity (Wildman–Crippen MR) is 89.2 cm³/mol. The lowest BCUT2D eigenvalue weighted by Gasteiger charge is -2.10. The summed E-state index contributed by atoms with van der Waals surface area (Å²) in [5, 5.41) is 11.2. The largest absolute Gasteiger partial charge is 0.481 e. The van der Waals surface area contributed by atoms with E-state index in [1.54, 1.807) is 30.8 Å². The molecule has 8 nitrogen and oxygen atoms in total. The highest BCUT2D eigenvalue weighted by molar-refractivity contribution is 5.95. The molecule has 0 radical (unpaired) electrons. The molecule has 0 aliphatic carbocycles. The van der Waals surface area contributed by atoms with E-state index >= 15 is 0 Å². The predicted octanol–water partition coefficient (Wildman–Crippen LogP) is 0.615. The van der Waals surface area contributed by atoms with Gasteiger partial charge in [0, 0.05) is 13.5 Å². The second-order valence-corrected chi connectivity index (χ2v) is 5.46. The number of carboxylic acids is 1. The van der Waals surface area contributed by atoms with Gasteiger partial charge in [0.05, 0.1) is 17.4 Å². The number of anilines is 1. The number of nitrogens with zero attached hydrogens (tertiary/aromatic N) is 2. The van der Waals surface area contributed by atoms with Crippen molar-refractivity contribution in [1.82, 2.24) is 9.36 Å². The van der Waals surface area contributed by atoms with Crippen LogP contribution in [0, 0.1) is 6.92 Å². The number of carboxylic acid groups (broad SMARTS) is 1. The van der Waals surface area contributed by atoms with E-state index in [2.05, 4.69) is 5.32 Å². The van der Waals surface area contributed by atoms with Gasteiger partial charge in [-0.3, -0.25) is 19.1 Å². The zero-order chi connectivity index (χ0) is 17.9. The zero-order valence-electron chi connectivity index (χ0n) is 13.5. The van der Waals surface area contributed by atoms with Gasteiger partial charge in [-0.05, 0) is 25.5 Å². The Morgan fingerprint density at radius 2 is 1.92 bits per heavy atom. The van der Waals surface area contributed by atoms with Gasteiger partial charge in [-0.25, -0.2) is 4.68 Å². The molecular weight excluding hydrogens is 312 g/mol. The molecule has 24 heavy (non-hydrogen) atoms. The maximum absolute atomic E-state index is 12.6. The molecule has 1 aromatic carbocycles. The van der Waals surface area contributed by atoms with Crippen molar-refractivity contribution >= 4 is 17.6 Å². The lowest BCUT2D eigenvalue weighted by atomic mass is 10.1. The average Bonchev–Trinajstić information content (AvgIpc) is 2.76. The number of aliphatic carboxylic acids is 1. The minimum absolute atomic E-state index is 0.0000758. The Labute approximate surface area is 138 Å². The van der Waals surface area contributed by atoms with Gasteiger partial charge < -0.3 is 16.2 Å². The van der Waals surface area contributed by atoms with Gasteiger partial charge >= 0.3 is 5.97 Å². The third-order valence-corrected chi connectivity index (χ3v) is 3.81. The van der Waals surface area contributed by atoms with Crippen molar-refractivity contribution < 1.29 is 14.7 Å². The van der Waals surface area contributed by atoms with Gasteiger partial charge in [-0.1, -0.05) is 18.2 Å². The molecule has 0 unspecified atom stereocenters. The molecule has 0 bridgehead atoms. The molecule has 1 aromatic heterocycles. The third-order valence-electron chi connectivity index (χ3n) is 3.81. The van der Waals surface area contributed by atoms with E-state index in [0.717, 1.165) is 0 Å². The monoisotopic (exact) mass is 332 g/mol. The molecule has 0 aliphatic rings. The molecule has 4 N–H and O–H groups in total. The SMILES string of the molecule is Cc1c(NC(=O)[C@@H](N)CCC(=O)O)c(=O)n(-c2ccccc2)n1C. The number of rotatable bonds is 6. The van der Waals surface area contributed by atoms with E-state index in [1.807, 2.05) is 18.2 Å². The minimum atomic E-state index is -1.03. The van der Waals surface area contributed by atoms with Crippen LogP contribution in [0.2, 0.25) is 0 Å². The average molecular weight is 332 g/mol. The lowest BCUT2D eigenvalue weighted by molar-refractivity contribution is -0.137. The summed E-state index contributed by atoms with van der Waals surface area (Å²) in [7, 11) is 1.71. The van der Waals surface area contributed by atoms with Gasteiger partial charge in [0.25, 0.3) is 5.56 Å². The first-order valence-electron chi connectivity index (χ1n) is 7.45. The standard InChI is InChI=1S/C16H20N4O4/c1-10-14(18-15(23)12(17)8-9-13(21)22)16(24)20(19(10)2)11-6-4-3-5-7-11/h3-7,12H,8-9,17H2,1-2H3,(H,18,23)(H,21,22)/t12-/m0/s1. The number of benzene rings is 1. The van der Waals surface area contributed by atoms with Crippen molar-refractivity contribution in [3.63, 3.8) is 0 Å². The lowest BCUT2D eigenvalue weighted by Crippen LogP contribution is -2.37. The van der Waals surface area contributed by atoms with E-state index < -0.39 is 17.9 Å². The second kappa shape index (κ2) is 7.14. The summed E-state index contributed by atoms with van der Waals surface area (Å²) in [6.45, 7) is 1.71. The van der Waals surface area contributed by atoms with Crippen LogP contribution in [0.3, 0.4) is 0 Å². The fourth-order valence-corrected chi connectivity index (χ4v) is 2.34. The topological polar surface area (TPSA) is 119 Å². The van der Waals surface area contributed by atoms with Gasteiger partial charge in [0.15, 0.2) is 0 Å². The van der Waals surface area contributed by atoms with Gasteiger partial charge in [0.2, 0.25) is 5.91 Å². The first kappa shape index (κ1) is 17.5. The van der Waals surface area contributed by atoms with Crippen molar-refractivity contribution in [2.45, 2.75) is 25.8 Å². The Kier molecular flexibility index (Phi) is 5.20. The molecule has 0 aliphatic heterocycles. The van der Waals surface area contributed by atoms with Gasteiger partial charge in [0.1, 0.15) is 5.69 Å². The Morgan fingerprint density at radius 1 is 1.29 bits per heavy atom. The number of aromatic nitrogens is 2. The number of nitrogens with one attached hydrogen (secondary N) is 1. The van der Waals surface area contributed by atoms with Crippen LogP contribution in [0.4, 0.5) is 5.69 Å². The highest BCUT2D eigenvalue weighted by atomic mass is 16.4. The highest BCUT2D eigenvalue weighted by Gasteiger charge is 2.21. The summed E-state index contributed by atoms with van der Waals surface area (Å²) < 4.78 is 3.07. The molecule has 2 rings (SSSR count). The molecule has 1 amide bonds. The summed E-state index contributed by atoms with van der Waals surface area (Å²) in [6, 6.07) is 8.03. The maximum Gasteiger partial charge on any atom is 0.303 e. The van der Waals surface area contributed by atoms with Crippen LogP contribution in [0.25, 0.3) is 5.69 Å². The van der Waals surface area contributed by atoms with Crippen LogP contribution in [0.1, 0.15) is 18.5 Å². The van der Waals surface area contributed by atoms with Crippen LogP contribution >= 0.6 is 0 Å². The summed E-state index contributed by atoms with van der Waals surface area (Å²) >= 11 is 0. The van der Waals surface area contributed by atoms with Crippen LogP contribution in [0.5, 0.6) is 0 Å². The smallest absolute Gasteiger partial charge is 0.303 e. The molecule has 128 valence electrons. The van der Waals surface area contributed by atoms with Crippen molar-refractivity contribution in [2.75, 3.05) is 5.32 Å². The molecular formula is C16H20N4O4. The first-order valence-corrected chi connectivity index (χ1v) is 7.45. The normalized spacial score (nSPS) is 12.0. The number of hydrogen-bond donors (Lipinski definition) is 3. The Bertz CT molecular complexity index is 807. The fourth-order valence-electron chi connectivity index (χ4n) is 2.34. The number of carbonyl (C=O) groups is 2. The molecule has 0 fully saturated rings. The molecule has 2 aromatic rings. The fraction of sp³-hybridized carbons (Fsp3) is 0.312. The summed E-state index contributed by atoms with van der Waals surface area (Å²) in [5.41, 5.74) is 6.68. The Morgan fingerprint density at radius 3 is 2.50 bits per heavy atom. The van der Waals surface area contributed by atoms with Crippen molar-refractivity contribution in [3.05, 3.63) is 46.4 Å². The minimum Gasteiger partial charge on any atom is -0.481 e. The van der Waals surface area contributed by atoms with Crippen molar-refractivity contribution in [1.29, 1.82) is 0 Å². The second-order valence-electron chi connectivity index (χ2n) is 5.46. The van der Waals surface area contributed by atoms with E-state index in [-0.39, 0.29) is 24.1 Å². The van der Waals surface area contributed by atoms with Crippen molar-refractivity contribution in [3.8, 4) is 5.69 Å². The third kappa shape index (κ3) is 3.54. The van der Waals surface area contributed by atoms with E-state index in [1.165, 1.54) is 4.68 Å². The summed E-state index contributed by atoms with van der Waals surface area (Å²) in [5.74, 6) is -1.61. The zero-order valence-corrected chi connectivity index (χ0v) is 13.5. The molecule has 8 heteroatoms. The number of hydrogen-bond acceptors (Lipinski definition) is 4. The van der Waals surface area contributed by atoms with Crippen LogP contribution in [-0.4, -0.2) is 32.4 Å². The van der Waals surface area contributed by atoms with Crippen LogP contribution in [0.15, 0.2) is 35.1 Å². The van der Waals surface area contributed by atoms with Crippen LogP contribution in [-0.2, 0) is 16.6 Å². The van der Waals surface area contributed by atoms with E-state index in [9.17, 15) is 14.4 Å². The maximum atomic E-state index is 12.6. The van der Waals surface area contributed by atoms with E-state index in [0.29, 0.717) is 11.4 Å². The number of carbonyl (C=O) groups excluding carboxylic acids is 1. The molecule has 1 atom stereocenters. The molecule has 0 saturated heterocycles. The molecule has 1 heterocycles. The Hall–Kier alpha value is -2.87. The van der Waals surface area contributed by atoms with Crippen LogP contribution < -0.4 is 16.6 Å².